The molecule has 4 nitrogen and oxygen atoms in total. The van der Waals surface area contributed by atoms with Crippen molar-refractivity contribution in [1.29, 1.82) is 5.26 Å². The summed E-state index contributed by atoms with van der Waals surface area (Å²) in [5, 5.41) is 13.0. The molecule has 4 heteroatoms. The zero-order chi connectivity index (χ0) is 14.6. The van der Waals surface area contributed by atoms with Crippen molar-refractivity contribution in [3.8, 4) is 6.07 Å². The predicted octanol–water partition coefficient (Wildman–Crippen LogP) is 1.83. The van der Waals surface area contributed by atoms with Crippen molar-refractivity contribution in [2.45, 2.75) is 64.1 Å². The van der Waals surface area contributed by atoms with Crippen LogP contribution in [0.3, 0.4) is 0 Å². The second kappa shape index (κ2) is 6.89. The van der Waals surface area contributed by atoms with Crippen molar-refractivity contribution >= 4 is 0 Å². The standard InChI is InChI=1S/C16H30N4/c1-4-18-16(13-17)7-5-6-15(12-16)20-10-8-19(9-11-20)14(2)3/h14-15,18H,4-12H2,1-3H3. The lowest BCUT2D eigenvalue weighted by atomic mass is 9.79. The number of nitriles is 1. The molecule has 1 heterocycles. The molecule has 2 aliphatic rings. The molecule has 0 amide bonds. The summed E-state index contributed by atoms with van der Waals surface area (Å²) in [4.78, 5) is 5.18. The van der Waals surface area contributed by atoms with Crippen molar-refractivity contribution in [2.24, 2.45) is 0 Å². The minimum Gasteiger partial charge on any atom is -0.300 e. The Balaban J connectivity index is 1.92. The van der Waals surface area contributed by atoms with Gasteiger partial charge in [0, 0.05) is 38.3 Å². The maximum absolute atomic E-state index is 9.56. The van der Waals surface area contributed by atoms with E-state index in [0.717, 1.165) is 32.5 Å². The van der Waals surface area contributed by atoms with E-state index in [1.54, 1.807) is 0 Å². The number of nitrogens with zero attached hydrogens (tertiary/aromatic N) is 3. The van der Waals surface area contributed by atoms with Gasteiger partial charge in [-0.05, 0) is 46.1 Å². The third-order valence-electron chi connectivity index (χ3n) is 5.05. The number of nitrogens with one attached hydrogen (secondary N) is 1. The van der Waals surface area contributed by atoms with Crippen LogP contribution in [0.5, 0.6) is 0 Å². The van der Waals surface area contributed by atoms with Crippen LogP contribution in [0.15, 0.2) is 0 Å². The SMILES string of the molecule is CCNC1(C#N)CCCC(N2CCN(C(C)C)CC2)C1. The summed E-state index contributed by atoms with van der Waals surface area (Å²) in [7, 11) is 0. The van der Waals surface area contributed by atoms with Crippen LogP contribution in [0.25, 0.3) is 0 Å². The second-order valence-electron chi connectivity index (χ2n) is 6.64. The Morgan fingerprint density at radius 1 is 1.30 bits per heavy atom. The van der Waals surface area contributed by atoms with E-state index >= 15 is 0 Å². The molecule has 1 aliphatic carbocycles. The van der Waals surface area contributed by atoms with Crippen LogP contribution in [0, 0.1) is 11.3 Å². The minimum atomic E-state index is -0.271. The zero-order valence-electron chi connectivity index (χ0n) is 13.4. The van der Waals surface area contributed by atoms with Gasteiger partial charge in [-0.25, -0.2) is 0 Å². The monoisotopic (exact) mass is 278 g/mol. The molecule has 0 radical (unpaired) electrons. The molecule has 1 N–H and O–H groups in total. The molecular formula is C16H30N4. The Labute approximate surface area is 124 Å². The normalized spacial score (nSPS) is 33.2. The lowest BCUT2D eigenvalue weighted by molar-refractivity contribution is 0.0512. The molecule has 0 aromatic rings. The van der Waals surface area contributed by atoms with Gasteiger partial charge in [-0.3, -0.25) is 15.1 Å². The van der Waals surface area contributed by atoms with Crippen LogP contribution in [0.1, 0.15) is 46.5 Å². The fraction of sp³-hybridized carbons (Fsp3) is 0.938. The second-order valence-corrected chi connectivity index (χ2v) is 6.64. The first-order valence-corrected chi connectivity index (χ1v) is 8.24. The van der Waals surface area contributed by atoms with Crippen LogP contribution in [-0.2, 0) is 0 Å². The van der Waals surface area contributed by atoms with Gasteiger partial charge < -0.3 is 0 Å². The molecule has 0 bridgehead atoms. The quantitative estimate of drug-likeness (QED) is 0.852. The molecule has 1 saturated carbocycles. The summed E-state index contributed by atoms with van der Waals surface area (Å²) in [5.74, 6) is 0. The summed E-state index contributed by atoms with van der Waals surface area (Å²) in [6.07, 6.45) is 4.45. The van der Waals surface area contributed by atoms with E-state index in [1.807, 2.05) is 0 Å². The molecule has 0 aromatic heterocycles. The van der Waals surface area contributed by atoms with Crippen LogP contribution in [-0.4, -0.2) is 60.1 Å². The van der Waals surface area contributed by atoms with Gasteiger partial charge in [-0.1, -0.05) is 6.92 Å². The van der Waals surface area contributed by atoms with Gasteiger partial charge in [0.25, 0.3) is 0 Å². The van der Waals surface area contributed by atoms with Crippen LogP contribution < -0.4 is 5.32 Å². The number of hydrogen-bond donors (Lipinski definition) is 1. The Bertz CT molecular complexity index is 337. The molecule has 114 valence electrons. The highest BCUT2D eigenvalue weighted by Crippen LogP contribution is 2.31. The molecule has 1 saturated heterocycles. The van der Waals surface area contributed by atoms with E-state index in [4.69, 9.17) is 0 Å². The van der Waals surface area contributed by atoms with E-state index in [1.165, 1.54) is 25.9 Å². The summed E-state index contributed by atoms with van der Waals surface area (Å²) in [5.41, 5.74) is -0.271. The smallest absolute Gasteiger partial charge is 0.108 e. The molecule has 2 fully saturated rings. The Kier molecular flexibility index (Phi) is 5.42. The van der Waals surface area contributed by atoms with Gasteiger partial charge in [-0.15, -0.1) is 0 Å². The minimum absolute atomic E-state index is 0.271. The maximum atomic E-state index is 9.56. The highest BCUT2D eigenvalue weighted by Gasteiger charge is 2.38. The van der Waals surface area contributed by atoms with E-state index in [9.17, 15) is 5.26 Å². The highest BCUT2D eigenvalue weighted by molar-refractivity contribution is 5.11. The van der Waals surface area contributed by atoms with Gasteiger partial charge in [0.15, 0.2) is 0 Å². The average molecular weight is 278 g/mol. The lowest BCUT2D eigenvalue weighted by Gasteiger charge is -2.45. The Hall–Kier alpha value is -0.630. The summed E-state index contributed by atoms with van der Waals surface area (Å²) in [6.45, 7) is 12.2. The van der Waals surface area contributed by atoms with Gasteiger partial charge >= 0.3 is 0 Å². The largest absolute Gasteiger partial charge is 0.300 e. The molecular weight excluding hydrogens is 248 g/mol. The first-order valence-electron chi connectivity index (χ1n) is 8.24. The number of piperazine rings is 1. The first-order chi connectivity index (χ1) is 9.60. The number of rotatable bonds is 4. The lowest BCUT2D eigenvalue weighted by Crippen LogP contribution is -2.57. The topological polar surface area (TPSA) is 42.3 Å². The van der Waals surface area contributed by atoms with Crippen molar-refractivity contribution in [3.05, 3.63) is 0 Å². The van der Waals surface area contributed by atoms with E-state index < -0.39 is 0 Å². The zero-order valence-corrected chi connectivity index (χ0v) is 13.4. The van der Waals surface area contributed by atoms with E-state index in [2.05, 4.69) is 42.0 Å². The average Bonchev–Trinajstić information content (AvgIpc) is 2.48. The van der Waals surface area contributed by atoms with E-state index in [0.29, 0.717) is 12.1 Å². The molecule has 2 atom stereocenters. The Morgan fingerprint density at radius 3 is 2.55 bits per heavy atom. The van der Waals surface area contributed by atoms with Crippen molar-refractivity contribution in [3.63, 3.8) is 0 Å². The molecule has 0 spiro atoms. The van der Waals surface area contributed by atoms with Crippen LogP contribution in [0.2, 0.25) is 0 Å². The third-order valence-corrected chi connectivity index (χ3v) is 5.05. The third kappa shape index (κ3) is 3.52. The first kappa shape index (κ1) is 15.8. The van der Waals surface area contributed by atoms with Gasteiger partial charge in [0.1, 0.15) is 5.54 Å². The van der Waals surface area contributed by atoms with E-state index in [-0.39, 0.29) is 5.54 Å². The molecule has 2 rings (SSSR count). The summed E-state index contributed by atoms with van der Waals surface area (Å²) < 4.78 is 0. The van der Waals surface area contributed by atoms with Gasteiger partial charge in [0.05, 0.1) is 6.07 Å². The fourth-order valence-corrected chi connectivity index (χ4v) is 3.82. The summed E-state index contributed by atoms with van der Waals surface area (Å²) in [6, 6.07) is 3.82. The van der Waals surface area contributed by atoms with Gasteiger partial charge in [-0.2, -0.15) is 5.26 Å². The predicted molar refractivity (Wildman–Crippen MR) is 82.6 cm³/mol. The molecule has 2 unspecified atom stereocenters. The molecule has 1 aliphatic heterocycles. The van der Waals surface area contributed by atoms with Crippen molar-refractivity contribution in [2.75, 3.05) is 32.7 Å². The van der Waals surface area contributed by atoms with Gasteiger partial charge in [0.2, 0.25) is 0 Å². The molecule has 0 aromatic carbocycles. The number of hydrogen-bond acceptors (Lipinski definition) is 4. The fourth-order valence-electron chi connectivity index (χ4n) is 3.82. The highest BCUT2D eigenvalue weighted by atomic mass is 15.3. The summed E-state index contributed by atoms with van der Waals surface area (Å²) >= 11 is 0. The Morgan fingerprint density at radius 2 is 2.00 bits per heavy atom. The van der Waals surface area contributed by atoms with Crippen molar-refractivity contribution < 1.29 is 0 Å². The van der Waals surface area contributed by atoms with Crippen molar-refractivity contribution in [1.82, 2.24) is 15.1 Å². The molecule has 20 heavy (non-hydrogen) atoms. The maximum Gasteiger partial charge on any atom is 0.108 e. The van der Waals surface area contributed by atoms with Crippen LogP contribution >= 0.6 is 0 Å². The van der Waals surface area contributed by atoms with Crippen LogP contribution in [0.4, 0.5) is 0 Å².